The van der Waals surface area contributed by atoms with Crippen LogP contribution in [0.1, 0.15) is 16.1 Å². The molecule has 146 valence electrons. The molecule has 0 aliphatic carbocycles. The fourth-order valence-corrected chi connectivity index (χ4v) is 3.13. The third-order valence-electron chi connectivity index (χ3n) is 3.85. The molecule has 0 spiro atoms. The number of nitrogen functional groups attached to an aromatic ring is 1. The first-order chi connectivity index (χ1) is 14.2. The summed E-state index contributed by atoms with van der Waals surface area (Å²) in [6, 6.07) is 8.91. The zero-order valence-corrected chi connectivity index (χ0v) is 15.8. The normalized spacial score (nSPS) is 11.1. The fraction of sp³-hybridized carbons (Fsp3) is 0.0588. The number of hydrazone groups is 1. The van der Waals surface area contributed by atoms with Crippen LogP contribution in [0.2, 0.25) is 0 Å². The lowest BCUT2D eigenvalue weighted by Crippen LogP contribution is -2.19. The van der Waals surface area contributed by atoms with Crippen molar-refractivity contribution in [1.82, 2.24) is 30.7 Å². The molecule has 3 heterocycles. The van der Waals surface area contributed by atoms with E-state index in [2.05, 4.69) is 35.8 Å². The number of anilines is 1. The molecule has 0 unspecified atom stereocenters. The summed E-state index contributed by atoms with van der Waals surface area (Å²) in [5, 5.41) is 23.0. The van der Waals surface area contributed by atoms with E-state index in [0.29, 0.717) is 17.0 Å². The molecule has 4 rings (SSSR count). The predicted octanol–water partition coefficient (Wildman–Crippen LogP) is 1.73. The van der Waals surface area contributed by atoms with Gasteiger partial charge >= 0.3 is 0 Å². The average Bonchev–Trinajstić information content (AvgIpc) is 3.48. The van der Waals surface area contributed by atoms with Gasteiger partial charge in [-0.2, -0.15) is 21.1 Å². The molecule has 0 saturated heterocycles. The van der Waals surface area contributed by atoms with Crippen LogP contribution in [0, 0.1) is 0 Å². The van der Waals surface area contributed by atoms with Gasteiger partial charge in [-0.1, -0.05) is 17.3 Å². The summed E-state index contributed by atoms with van der Waals surface area (Å²) < 4.78 is 11.2. The van der Waals surface area contributed by atoms with Crippen molar-refractivity contribution in [2.75, 3.05) is 12.8 Å². The topological polar surface area (TPSA) is 146 Å². The Kier molecular flexibility index (Phi) is 4.99. The highest BCUT2D eigenvalue weighted by Crippen LogP contribution is 2.28. The van der Waals surface area contributed by atoms with Crippen LogP contribution in [0.25, 0.3) is 17.1 Å². The summed E-state index contributed by atoms with van der Waals surface area (Å²) in [5.74, 6) is 0.136. The molecule has 1 aromatic carbocycles. The van der Waals surface area contributed by atoms with Crippen molar-refractivity contribution in [3.8, 4) is 22.8 Å². The lowest BCUT2D eigenvalue weighted by Gasteiger charge is -2.07. The number of benzene rings is 1. The molecular formula is C17H14N8O3S. The molecule has 3 N–H and O–H groups in total. The van der Waals surface area contributed by atoms with Gasteiger partial charge in [-0.25, -0.2) is 10.1 Å². The van der Waals surface area contributed by atoms with E-state index < -0.39 is 5.91 Å². The maximum Gasteiger partial charge on any atom is 0.294 e. The van der Waals surface area contributed by atoms with Gasteiger partial charge in [0.2, 0.25) is 11.6 Å². The maximum atomic E-state index is 12.7. The Labute approximate surface area is 167 Å². The first-order valence-corrected chi connectivity index (χ1v) is 9.16. The Bertz CT molecular complexity index is 1170. The van der Waals surface area contributed by atoms with Crippen molar-refractivity contribution in [3.05, 3.63) is 52.3 Å². The Morgan fingerprint density at radius 1 is 1.38 bits per heavy atom. The molecule has 12 heteroatoms. The maximum absolute atomic E-state index is 12.7. The van der Waals surface area contributed by atoms with Crippen molar-refractivity contribution in [3.63, 3.8) is 0 Å². The van der Waals surface area contributed by atoms with Crippen LogP contribution < -0.4 is 15.9 Å². The second-order valence-electron chi connectivity index (χ2n) is 5.66. The van der Waals surface area contributed by atoms with Crippen LogP contribution in [0.15, 0.2) is 50.8 Å². The summed E-state index contributed by atoms with van der Waals surface area (Å²) in [4.78, 5) is 12.7. The number of ether oxygens (including phenoxy) is 1. The minimum atomic E-state index is -0.560. The van der Waals surface area contributed by atoms with Crippen molar-refractivity contribution in [1.29, 1.82) is 0 Å². The summed E-state index contributed by atoms with van der Waals surface area (Å²) in [6.07, 6.45) is 1.53. The molecule has 0 atom stereocenters. The summed E-state index contributed by atoms with van der Waals surface area (Å²) in [5.41, 5.74) is 10.1. The number of methoxy groups -OCH3 is 1. The third-order valence-corrected chi connectivity index (χ3v) is 4.55. The smallest absolute Gasteiger partial charge is 0.294 e. The molecule has 4 aromatic rings. The quantitative estimate of drug-likeness (QED) is 0.361. The second kappa shape index (κ2) is 7.90. The van der Waals surface area contributed by atoms with Crippen LogP contribution in [0.5, 0.6) is 5.75 Å². The van der Waals surface area contributed by atoms with Crippen LogP contribution in [0.3, 0.4) is 0 Å². The molecule has 0 fully saturated rings. The van der Waals surface area contributed by atoms with Gasteiger partial charge < -0.3 is 10.5 Å². The molecule has 29 heavy (non-hydrogen) atoms. The van der Waals surface area contributed by atoms with Crippen LogP contribution in [-0.4, -0.2) is 44.5 Å². The standard InChI is InChI=1S/C17H14N8O3S/c1-27-12-4-2-3-11(7-12)14-13(17(26)21-19-8-10-5-6-29-9-10)20-24-25(14)16-15(18)22-28-23-16/h2-9H,1H3,(H2,18,22)(H,21,26)/b19-8-. The van der Waals surface area contributed by atoms with Gasteiger partial charge in [-0.15, -0.1) is 5.10 Å². The van der Waals surface area contributed by atoms with E-state index in [1.165, 1.54) is 22.2 Å². The molecule has 0 saturated carbocycles. The number of carbonyl (C=O) groups excluding carboxylic acids is 1. The summed E-state index contributed by atoms with van der Waals surface area (Å²) in [6.45, 7) is 0. The number of aromatic nitrogens is 5. The van der Waals surface area contributed by atoms with E-state index in [0.717, 1.165) is 5.56 Å². The van der Waals surface area contributed by atoms with Gasteiger partial charge in [-0.05, 0) is 39.3 Å². The molecular weight excluding hydrogens is 396 g/mol. The summed E-state index contributed by atoms with van der Waals surface area (Å²) in [7, 11) is 1.54. The number of thiophene rings is 1. The molecule has 1 amide bonds. The highest BCUT2D eigenvalue weighted by Gasteiger charge is 2.25. The predicted molar refractivity (Wildman–Crippen MR) is 105 cm³/mol. The van der Waals surface area contributed by atoms with Crippen LogP contribution >= 0.6 is 11.3 Å². The van der Waals surface area contributed by atoms with Gasteiger partial charge in [-0.3, -0.25) is 4.79 Å². The first-order valence-electron chi connectivity index (χ1n) is 8.21. The lowest BCUT2D eigenvalue weighted by molar-refractivity contribution is 0.0950. The van der Waals surface area contributed by atoms with Gasteiger partial charge in [0.15, 0.2) is 5.69 Å². The number of hydrogen-bond acceptors (Lipinski definition) is 10. The molecule has 0 aliphatic rings. The number of nitrogens with two attached hydrogens (primary N) is 1. The second-order valence-corrected chi connectivity index (χ2v) is 6.44. The minimum Gasteiger partial charge on any atom is -0.497 e. The van der Waals surface area contributed by atoms with Crippen LogP contribution in [-0.2, 0) is 0 Å². The monoisotopic (exact) mass is 410 g/mol. The Balaban J connectivity index is 1.74. The van der Waals surface area contributed by atoms with Crippen molar-refractivity contribution in [2.24, 2.45) is 5.10 Å². The van der Waals surface area contributed by atoms with Gasteiger partial charge in [0.25, 0.3) is 5.91 Å². The number of carbonyl (C=O) groups is 1. The van der Waals surface area contributed by atoms with Crippen LogP contribution in [0.4, 0.5) is 5.82 Å². The van der Waals surface area contributed by atoms with E-state index in [1.54, 1.807) is 31.4 Å². The number of nitrogens with one attached hydrogen (secondary N) is 1. The minimum absolute atomic E-state index is 0.00137. The Morgan fingerprint density at radius 2 is 2.28 bits per heavy atom. The van der Waals surface area contributed by atoms with Crippen molar-refractivity contribution < 1.29 is 14.2 Å². The number of rotatable bonds is 6. The van der Waals surface area contributed by atoms with E-state index >= 15 is 0 Å². The highest BCUT2D eigenvalue weighted by atomic mass is 32.1. The summed E-state index contributed by atoms with van der Waals surface area (Å²) >= 11 is 1.53. The number of nitrogens with zero attached hydrogens (tertiary/aromatic N) is 6. The SMILES string of the molecule is COc1cccc(-c2c(C(=O)N/N=C\c3ccsc3)nnn2-c2nonc2N)c1. The highest BCUT2D eigenvalue weighted by molar-refractivity contribution is 7.08. The number of amides is 1. The van der Waals surface area contributed by atoms with Crippen molar-refractivity contribution in [2.45, 2.75) is 0 Å². The van der Waals surface area contributed by atoms with E-state index in [9.17, 15) is 4.79 Å². The zero-order valence-electron chi connectivity index (χ0n) is 15.0. The van der Waals surface area contributed by atoms with E-state index in [4.69, 9.17) is 10.5 Å². The molecule has 3 aromatic heterocycles. The van der Waals surface area contributed by atoms with Gasteiger partial charge in [0.05, 0.1) is 13.3 Å². The van der Waals surface area contributed by atoms with Gasteiger partial charge in [0.1, 0.15) is 11.4 Å². The largest absolute Gasteiger partial charge is 0.497 e. The fourth-order valence-electron chi connectivity index (χ4n) is 2.52. The average molecular weight is 410 g/mol. The molecule has 0 aliphatic heterocycles. The number of hydrogen-bond donors (Lipinski definition) is 2. The molecule has 0 radical (unpaired) electrons. The zero-order chi connectivity index (χ0) is 20.2. The first kappa shape index (κ1) is 18.3. The lowest BCUT2D eigenvalue weighted by atomic mass is 10.1. The molecule has 11 nitrogen and oxygen atoms in total. The Hall–Kier alpha value is -4.06. The van der Waals surface area contributed by atoms with Crippen molar-refractivity contribution >= 4 is 29.3 Å². The molecule has 0 bridgehead atoms. The van der Waals surface area contributed by atoms with Gasteiger partial charge in [0, 0.05) is 11.1 Å². The van der Waals surface area contributed by atoms with E-state index in [-0.39, 0.29) is 17.3 Å². The van der Waals surface area contributed by atoms with E-state index in [1.807, 2.05) is 16.8 Å². The third kappa shape index (κ3) is 3.68. The Morgan fingerprint density at radius 3 is 3.00 bits per heavy atom.